The summed E-state index contributed by atoms with van der Waals surface area (Å²) in [7, 11) is 0. The Morgan fingerprint density at radius 1 is 1.56 bits per heavy atom. The minimum Gasteiger partial charge on any atom is -0.508 e. The normalized spacial score (nSPS) is 9.56. The van der Waals surface area contributed by atoms with E-state index in [0.717, 1.165) is 6.07 Å². The number of nitriles is 1. The van der Waals surface area contributed by atoms with Crippen molar-refractivity contribution < 1.29 is 19.7 Å². The van der Waals surface area contributed by atoms with Crippen molar-refractivity contribution in [2.75, 3.05) is 6.61 Å². The Hall–Kier alpha value is -2.06. The minimum atomic E-state index is -0.668. The highest BCUT2D eigenvalue weighted by Crippen LogP contribution is 2.23. The summed E-state index contributed by atoms with van der Waals surface area (Å²) in [6, 6.07) is 4.21. The molecule has 2 N–H and O–H groups in total. The number of aromatic hydroxyl groups is 1. The first-order valence-electron chi connectivity index (χ1n) is 4.68. The molecule has 5 heteroatoms. The molecule has 0 spiro atoms. The molecule has 0 heterocycles. The number of phenols is 1. The summed E-state index contributed by atoms with van der Waals surface area (Å²) in [6.07, 6.45) is 0. The maximum atomic E-state index is 11.4. The Kier molecular flexibility index (Phi) is 3.86. The van der Waals surface area contributed by atoms with E-state index in [9.17, 15) is 9.90 Å². The molecule has 0 saturated carbocycles. The molecular weight excluding hydrogens is 210 g/mol. The van der Waals surface area contributed by atoms with Crippen LogP contribution in [0.15, 0.2) is 12.1 Å². The standard InChI is InChI=1S/C11H11NO4/c1-2-16-11(15)9-4-10(14)8(6-13)3-7(9)5-12/h3-4,13-14H,2,6H2,1H3. The van der Waals surface area contributed by atoms with Crippen molar-refractivity contribution in [1.82, 2.24) is 0 Å². The van der Waals surface area contributed by atoms with Crippen molar-refractivity contribution in [2.24, 2.45) is 0 Å². The molecule has 5 nitrogen and oxygen atoms in total. The zero-order valence-electron chi connectivity index (χ0n) is 8.73. The second-order valence-corrected chi connectivity index (χ2v) is 3.02. The number of carbonyl (C=O) groups is 1. The molecule has 0 fully saturated rings. The highest BCUT2D eigenvalue weighted by atomic mass is 16.5. The monoisotopic (exact) mass is 221 g/mol. The SMILES string of the molecule is CCOC(=O)c1cc(O)c(CO)cc1C#N. The van der Waals surface area contributed by atoms with Gasteiger partial charge in [-0.05, 0) is 19.1 Å². The third kappa shape index (κ3) is 2.30. The number of benzene rings is 1. The third-order valence-electron chi connectivity index (χ3n) is 2.00. The van der Waals surface area contributed by atoms with E-state index in [-0.39, 0.29) is 29.0 Å². The zero-order valence-corrected chi connectivity index (χ0v) is 8.73. The van der Waals surface area contributed by atoms with Crippen LogP contribution < -0.4 is 0 Å². The Balaban J connectivity index is 3.24. The van der Waals surface area contributed by atoms with Gasteiger partial charge in [0.1, 0.15) is 11.8 Å². The summed E-state index contributed by atoms with van der Waals surface area (Å²) in [5, 5.41) is 27.2. The molecule has 1 aromatic rings. The lowest BCUT2D eigenvalue weighted by atomic mass is 10.0. The molecule has 1 aromatic carbocycles. The summed E-state index contributed by atoms with van der Waals surface area (Å²) in [5.74, 6) is -0.900. The predicted molar refractivity (Wildman–Crippen MR) is 54.7 cm³/mol. The number of esters is 1. The van der Waals surface area contributed by atoms with Crippen LogP contribution in [0.1, 0.15) is 28.4 Å². The Labute approximate surface area is 92.5 Å². The maximum absolute atomic E-state index is 11.4. The topological polar surface area (TPSA) is 90.6 Å². The van der Waals surface area contributed by atoms with Gasteiger partial charge in [-0.2, -0.15) is 5.26 Å². The van der Waals surface area contributed by atoms with Gasteiger partial charge in [0, 0.05) is 5.56 Å². The molecular formula is C11H11NO4. The van der Waals surface area contributed by atoms with Crippen LogP contribution in [0.25, 0.3) is 0 Å². The van der Waals surface area contributed by atoms with Gasteiger partial charge in [0.2, 0.25) is 0 Å². The van der Waals surface area contributed by atoms with Gasteiger partial charge in [0.15, 0.2) is 0 Å². The predicted octanol–water partition coefficient (Wildman–Crippen LogP) is 0.933. The van der Waals surface area contributed by atoms with Gasteiger partial charge in [-0.15, -0.1) is 0 Å². The maximum Gasteiger partial charge on any atom is 0.339 e. The van der Waals surface area contributed by atoms with Gasteiger partial charge in [0.25, 0.3) is 0 Å². The van der Waals surface area contributed by atoms with Gasteiger partial charge in [-0.25, -0.2) is 4.79 Å². The molecule has 0 saturated heterocycles. The largest absolute Gasteiger partial charge is 0.508 e. The molecule has 0 aliphatic carbocycles. The van der Waals surface area contributed by atoms with E-state index in [4.69, 9.17) is 15.1 Å². The number of carbonyl (C=O) groups excluding carboxylic acids is 1. The van der Waals surface area contributed by atoms with Gasteiger partial charge >= 0.3 is 5.97 Å². The van der Waals surface area contributed by atoms with E-state index in [1.54, 1.807) is 6.92 Å². The Morgan fingerprint density at radius 3 is 2.75 bits per heavy atom. The van der Waals surface area contributed by atoms with Gasteiger partial charge in [0.05, 0.1) is 24.3 Å². The molecule has 0 aliphatic heterocycles. The van der Waals surface area contributed by atoms with Gasteiger partial charge in [-0.1, -0.05) is 0 Å². The number of hydrogen-bond acceptors (Lipinski definition) is 5. The average molecular weight is 221 g/mol. The smallest absolute Gasteiger partial charge is 0.339 e. The summed E-state index contributed by atoms with van der Waals surface area (Å²) < 4.78 is 4.74. The fourth-order valence-corrected chi connectivity index (χ4v) is 1.23. The van der Waals surface area contributed by atoms with Crippen LogP contribution in [-0.2, 0) is 11.3 Å². The molecule has 0 atom stereocenters. The first kappa shape index (κ1) is 12.0. The van der Waals surface area contributed by atoms with E-state index in [1.165, 1.54) is 6.07 Å². The Bertz CT molecular complexity index is 448. The van der Waals surface area contributed by atoms with E-state index in [2.05, 4.69) is 0 Å². The van der Waals surface area contributed by atoms with Gasteiger partial charge in [-0.3, -0.25) is 0 Å². The number of nitrogens with zero attached hydrogens (tertiary/aromatic N) is 1. The van der Waals surface area contributed by atoms with Crippen molar-refractivity contribution in [3.63, 3.8) is 0 Å². The van der Waals surface area contributed by atoms with Crippen molar-refractivity contribution in [2.45, 2.75) is 13.5 Å². The lowest BCUT2D eigenvalue weighted by Gasteiger charge is -2.07. The van der Waals surface area contributed by atoms with E-state index < -0.39 is 12.6 Å². The highest BCUT2D eigenvalue weighted by Gasteiger charge is 2.15. The van der Waals surface area contributed by atoms with Crippen LogP contribution in [0, 0.1) is 11.3 Å². The van der Waals surface area contributed by atoms with Crippen LogP contribution in [0.2, 0.25) is 0 Å². The van der Waals surface area contributed by atoms with Crippen molar-refractivity contribution in [3.05, 3.63) is 28.8 Å². The molecule has 0 amide bonds. The van der Waals surface area contributed by atoms with Crippen molar-refractivity contribution in [3.8, 4) is 11.8 Å². The zero-order chi connectivity index (χ0) is 12.1. The number of aliphatic hydroxyl groups is 1. The average Bonchev–Trinajstić information content (AvgIpc) is 2.29. The summed E-state index contributed by atoms with van der Waals surface area (Å²) >= 11 is 0. The molecule has 0 radical (unpaired) electrons. The van der Waals surface area contributed by atoms with E-state index in [1.807, 2.05) is 6.07 Å². The number of hydrogen-bond donors (Lipinski definition) is 2. The van der Waals surface area contributed by atoms with E-state index >= 15 is 0 Å². The number of ether oxygens (including phenoxy) is 1. The lowest BCUT2D eigenvalue weighted by molar-refractivity contribution is 0.0525. The van der Waals surface area contributed by atoms with Crippen LogP contribution in [0.3, 0.4) is 0 Å². The van der Waals surface area contributed by atoms with Crippen LogP contribution in [0.4, 0.5) is 0 Å². The second kappa shape index (κ2) is 5.14. The summed E-state index contributed by atoms with van der Waals surface area (Å²) in [4.78, 5) is 11.4. The molecule has 0 bridgehead atoms. The first-order chi connectivity index (χ1) is 7.63. The molecule has 1 rings (SSSR count). The molecule has 0 aromatic heterocycles. The quantitative estimate of drug-likeness (QED) is 0.741. The van der Waals surface area contributed by atoms with Crippen LogP contribution >= 0.6 is 0 Å². The number of rotatable bonds is 3. The highest BCUT2D eigenvalue weighted by molar-refractivity contribution is 5.92. The second-order valence-electron chi connectivity index (χ2n) is 3.02. The van der Waals surface area contributed by atoms with Crippen LogP contribution in [-0.4, -0.2) is 22.8 Å². The summed E-state index contributed by atoms with van der Waals surface area (Å²) in [6.45, 7) is 1.43. The molecule has 84 valence electrons. The summed E-state index contributed by atoms with van der Waals surface area (Å²) in [5.41, 5.74) is 0.268. The lowest BCUT2D eigenvalue weighted by Crippen LogP contribution is -2.07. The fourth-order valence-electron chi connectivity index (χ4n) is 1.23. The van der Waals surface area contributed by atoms with Crippen molar-refractivity contribution in [1.29, 1.82) is 5.26 Å². The Morgan fingerprint density at radius 2 is 2.25 bits per heavy atom. The van der Waals surface area contributed by atoms with Crippen LogP contribution in [0.5, 0.6) is 5.75 Å². The fraction of sp³-hybridized carbons (Fsp3) is 0.273. The molecule has 0 aliphatic rings. The molecule has 0 unspecified atom stereocenters. The first-order valence-corrected chi connectivity index (χ1v) is 4.68. The van der Waals surface area contributed by atoms with E-state index in [0.29, 0.717) is 0 Å². The minimum absolute atomic E-state index is 0.000880. The van der Waals surface area contributed by atoms with Gasteiger partial charge < -0.3 is 14.9 Å². The molecule has 16 heavy (non-hydrogen) atoms. The van der Waals surface area contributed by atoms with Crippen molar-refractivity contribution >= 4 is 5.97 Å². The third-order valence-corrected chi connectivity index (χ3v) is 2.00. The number of aliphatic hydroxyl groups excluding tert-OH is 1.